The molecule has 0 saturated carbocycles. The van der Waals surface area contributed by atoms with Crippen LogP contribution < -0.4 is 5.73 Å². The predicted molar refractivity (Wildman–Crippen MR) is 76.1 cm³/mol. The second-order valence-corrected chi connectivity index (χ2v) is 5.98. The summed E-state index contributed by atoms with van der Waals surface area (Å²) in [4.78, 5) is 2.40. The second kappa shape index (κ2) is 5.65. The van der Waals surface area contributed by atoms with Gasteiger partial charge in [-0.05, 0) is 52.3 Å². The minimum absolute atomic E-state index is 0.0322. The molecule has 1 fully saturated rings. The van der Waals surface area contributed by atoms with Crippen LogP contribution in [0.15, 0.2) is 16.5 Å². The third kappa shape index (κ3) is 3.19. The SMILES string of the molecule is COC1(C)CCCN(C(c2ccc(C)o2)C(C)N)C1. The Morgan fingerprint density at radius 2 is 2.21 bits per heavy atom. The molecule has 0 aliphatic carbocycles. The highest BCUT2D eigenvalue weighted by Crippen LogP contribution is 2.32. The molecule has 4 heteroatoms. The van der Waals surface area contributed by atoms with Crippen LogP contribution in [0, 0.1) is 6.92 Å². The summed E-state index contributed by atoms with van der Waals surface area (Å²) < 4.78 is 11.5. The van der Waals surface area contributed by atoms with Crippen LogP contribution in [0.2, 0.25) is 0 Å². The van der Waals surface area contributed by atoms with Gasteiger partial charge < -0.3 is 14.9 Å². The molecule has 0 bridgehead atoms. The molecule has 1 aromatic rings. The molecule has 0 spiro atoms. The first kappa shape index (κ1) is 14.6. The van der Waals surface area contributed by atoms with Crippen molar-refractivity contribution in [3.05, 3.63) is 23.7 Å². The number of methoxy groups -OCH3 is 1. The van der Waals surface area contributed by atoms with Gasteiger partial charge in [-0.25, -0.2) is 0 Å². The van der Waals surface area contributed by atoms with Crippen LogP contribution in [0.5, 0.6) is 0 Å². The summed E-state index contributed by atoms with van der Waals surface area (Å²) in [6, 6.07) is 4.21. The van der Waals surface area contributed by atoms with Gasteiger partial charge in [0.1, 0.15) is 11.5 Å². The minimum Gasteiger partial charge on any atom is -0.465 e. The van der Waals surface area contributed by atoms with Gasteiger partial charge in [-0.2, -0.15) is 0 Å². The number of hydrogen-bond donors (Lipinski definition) is 1. The number of rotatable bonds is 4. The summed E-state index contributed by atoms with van der Waals surface area (Å²) >= 11 is 0. The van der Waals surface area contributed by atoms with E-state index in [1.54, 1.807) is 7.11 Å². The Bertz CT molecular complexity index is 416. The highest BCUT2D eigenvalue weighted by molar-refractivity contribution is 5.12. The molecule has 4 nitrogen and oxygen atoms in total. The fourth-order valence-electron chi connectivity index (χ4n) is 3.03. The van der Waals surface area contributed by atoms with Gasteiger partial charge in [0, 0.05) is 19.7 Å². The number of nitrogens with zero attached hydrogens (tertiary/aromatic N) is 1. The monoisotopic (exact) mass is 266 g/mol. The number of piperidine rings is 1. The molecule has 0 amide bonds. The lowest BCUT2D eigenvalue weighted by atomic mass is 9.92. The number of aryl methyl sites for hydroxylation is 1. The van der Waals surface area contributed by atoms with Gasteiger partial charge in [0.05, 0.1) is 11.6 Å². The van der Waals surface area contributed by atoms with Crippen molar-refractivity contribution in [2.24, 2.45) is 5.73 Å². The number of nitrogens with two attached hydrogens (primary N) is 1. The molecule has 108 valence electrons. The van der Waals surface area contributed by atoms with E-state index in [0.717, 1.165) is 37.5 Å². The van der Waals surface area contributed by atoms with Gasteiger partial charge in [0.2, 0.25) is 0 Å². The summed E-state index contributed by atoms with van der Waals surface area (Å²) in [5.74, 6) is 1.90. The summed E-state index contributed by atoms with van der Waals surface area (Å²) in [5, 5.41) is 0. The van der Waals surface area contributed by atoms with Gasteiger partial charge in [0.25, 0.3) is 0 Å². The van der Waals surface area contributed by atoms with E-state index in [2.05, 4.69) is 11.8 Å². The van der Waals surface area contributed by atoms with E-state index in [9.17, 15) is 0 Å². The lowest BCUT2D eigenvalue weighted by Gasteiger charge is -2.43. The van der Waals surface area contributed by atoms with E-state index in [1.807, 2.05) is 26.0 Å². The smallest absolute Gasteiger partial charge is 0.122 e. The van der Waals surface area contributed by atoms with Crippen LogP contribution >= 0.6 is 0 Å². The number of likely N-dealkylation sites (tertiary alicyclic amines) is 1. The van der Waals surface area contributed by atoms with Crippen molar-refractivity contribution >= 4 is 0 Å². The first-order chi connectivity index (χ1) is 8.95. The standard InChI is InChI=1S/C15H26N2O2/c1-11-6-7-13(19-11)14(12(2)16)17-9-5-8-15(3,10-17)18-4/h6-7,12,14H,5,8-10,16H2,1-4H3. The molecule has 2 rings (SSSR count). The van der Waals surface area contributed by atoms with Crippen molar-refractivity contribution in [2.75, 3.05) is 20.2 Å². The fourth-order valence-corrected chi connectivity index (χ4v) is 3.03. The van der Waals surface area contributed by atoms with Crippen molar-refractivity contribution in [1.29, 1.82) is 0 Å². The molecular weight excluding hydrogens is 240 g/mol. The molecule has 2 heterocycles. The lowest BCUT2D eigenvalue weighted by molar-refractivity contribution is -0.0658. The molecule has 0 radical (unpaired) electrons. The summed E-state index contributed by atoms with van der Waals surface area (Å²) in [7, 11) is 1.79. The normalized spacial score (nSPS) is 28.3. The van der Waals surface area contributed by atoms with Crippen LogP contribution in [0.1, 0.15) is 44.3 Å². The zero-order chi connectivity index (χ0) is 14.0. The quantitative estimate of drug-likeness (QED) is 0.909. The van der Waals surface area contributed by atoms with E-state index >= 15 is 0 Å². The third-order valence-electron chi connectivity index (χ3n) is 4.13. The van der Waals surface area contributed by atoms with Crippen LogP contribution in [-0.4, -0.2) is 36.7 Å². The summed E-state index contributed by atoms with van der Waals surface area (Å²) in [5.41, 5.74) is 6.12. The van der Waals surface area contributed by atoms with Gasteiger partial charge in [-0.3, -0.25) is 4.90 Å². The number of furan rings is 1. The van der Waals surface area contributed by atoms with Gasteiger partial charge in [-0.15, -0.1) is 0 Å². The number of ether oxygens (including phenoxy) is 1. The fraction of sp³-hybridized carbons (Fsp3) is 0.733. The molecule has 1 aliphatic heterocycles. The maximum absolute atomic E-state index is 6.20. The van der Waals surface area contributed by atoms with E-state index < -0.39 is 0 Å². The minimum atomic E-state index is -0.0764. The topological polar surface area (TPSA) is 51.6 Å². The third-order valence-corrected chi connectivity index (χ3v) is 4.13. The summed E-state index contributed by atoms with van der Waals surface area (Å²) in [6.07, 6.45) is 2.23. The van der Waals surface area contributed by atoms with E-state index in [0.29, 0.717) is 0 Å². The first-order valence-corrected chi connectivity index (χ1v) is 7.06. The molecule has 19 heavy (non-hydrogen) atoms. The van der Waals surface area contributed by atoms with Crippen LogP contribution in [-0.2, 0) is 4.74 Å². The zero-order valence-corrected chi connectivity index (χ0v) is 12.5. The Morgan fingerprint density at radius 3 is 2.74 bits per heavy atom. The Kier molecular flexibility index (Phi) is 4.33. The molecule has 3 atom stereocenters. The highest BCUT2D eigenvalue weighted by Gasteiger charge is 2.36. The van der Waals surface area contributed by atoms with Crippen LogP contribution in [0.4, 0.5) is 0 Å². The van der Waals surface area contributed by atoms with Crippen molar-refractivity contribution in [2.45, 2.75) is 51.3 Å². The highest BCUT2D eigenvalue weighted by atomic mass is 16.5. The Morgan fingerprint density at radius 1 is 1.47 bits per heavy atom. The second-order valence-electron chi connectivity index (χ2n) is 5.98. The van der Waals surface area contributed by atoms with Crippen molar-refractivity contribution < 1.29 is 9.15 Å². The zero-order valence-electron chi connectivity index (χ0n) is 12.5. The molecule has 1 saturated heterocycles. The van der Waals surface area contributed by atoms with Crippen molar-refractivity contribution in [3.63, 3.8) is 0 Å². The molecule has 0 aromatic carbocycles. The Hall–Kier alpha value is -0.840. The molecule has 1 aliphatic rings. The van der Waals surface area contributed by atoms with Crippen LogP contribution in [0.3, 0.4) is 0 Å². The van der Waals surface area contributed by atoms with E-state index in [-0.39, 0.29) is 17.7 Å². The number of hydrogen-bond acceptors (Lipinski definition) is 4. The molecular formula is C15H26N2O2. The molecule has 2 N–H and O–H groups in total. The van der Waals surface area contributed by atoms with Crippen LogP contribution in [0.25, 0.3) is 0 Å². The Balaban J connectivity index is 2.20. The molecule has 1 aromatic heterocycles. The van der Waals surface area contributed by atoms with Crippen molar-refractivity contribution in [1.82, 2.24) is 4.90 Å². The summed E-state index contributed by atoms with van der Waals surface area (Å²) in [6.45, 7) is 8.13. The maximum Gasteiger partial charge on any atom is 0.122 e. The predicted octanol–water partition coefficient (Wildman–Crippen LogP) is 2.48. The average molecular weight is 266 g/mol. The Labute approximate surface area is 115 Å². The molecule has 3 unspecified atom stereocenters. The van der Waals surface area contributed by atoms with Gasteiger partial charge >= 0.3 is 0 Å². The average Bonchev–Trinajstić information content (AvgIpc) is 2.75. The first-order valence-electron chi connectivity index (χ1n) is 7.06. The van der Waals surface area contributed by atoms with E-state index in [4.69, 9.17) is 14.9 Å². The van der Waals surface area contributed by atoms with Gasteiger partial charge in [-0.1, -0.05) is 0 Å². The maximum atomic E-state index is 6.20. The largest absolute Gasteiger partial charge is 0.465 e. The van der Waals surface area contributed by atoms with Gasteiger partial charge in [0.15, 0.2) is 0 Å². The lowest BCUT2D eigenvalue weighted by Crippen LogP contribution is -2.51. The van der Waals surface area contributed by atoms with E-state index in [1.165, 1.54) is 0 Å². The van der Waals surface area contributed by atoms with Crippen molar-refractivity contribution in [3.8, 4) is 0 Å².